The summed E-state index contributed by atoms with van der Waals surface area (Å²) >= 11 is 0. The van der Waals surface area contributed by atoms with Crippen LogP contribution in [0.4, 0.5) is 0 Å². The van der Waals surface area contributed by atoms with Gasteiger partial charge in [-0.05, 0) is 37.5 Å². The van der Waals surface area contributed by atoms with Gasteiger partial charge >= 0.3 is 5.97 Å². The molecule has 2 aliphatic rings. The van der Waals surface area contributed by atoms with Gasteiger partial charge in [0.15, 0.2) is 6.23 Å². The van der Waals surface area contributed by atoms with E-state index in [-0.39, 0.29) is 12.2 Å². The number of para-hydroxylation sites is 1. The van der Waals surface area contributed by atoms with E-state index < -0.39 is 0 Å². The molecule has 0 saturated carbocycles. The summed E-state index contributed by atoms with van der Waals surface area (Å²) in [5, 5.41) is 0. The van der Waals surface area contributed by atoms with Crippen molar-refractivity contribution in [1.29, 1.82) is 0 Å². The highest BCUT2D eigenvalue weighted by Gasteiger charge is 2.29. The Labute approximate surface area is 131 Å². The normalized spacial score (nSPS) is 20.7. The number of hydrogen-bond acceptors (Lipinski definition) is 4. The van der Waals surface area contributed by atoms with E-state index in [1.165, 1.54) is 0 Å². The predicted octanol–water partition coefficient (Wildman–Crippen LogP) is 3.58. The first-order valence-corrected chi connectivity index (χ1v) is 8.18. The second-order valence-corrected chi connectivity index (χ2v) is 5.78. The van der Waals surface area contributed by atoms with E-state index in [4.69, 9.17) is 9.47 Å². The Morgan fingerprint density at radius 2 is 2.23 bits per heavy atom. The average molecular weight is 301 g/mol. The molecule has 0 spiro atoms. The Morgan fingerprint density at radius 3 is 3.09 bits per heavy atom. The molecule has 0 bridgehead atoms. The van der Waals surface area contributed by atoms with Gasteiger partial charge in [-0.2, -0.15) is 0 Å². The van der Waals surface area contributed by atoms with Crippen LogP contribution in [0.3, 0.4) is 0 Å². The largest absolute Gasteiger partial charge is 0.489 e. The molecule has 0 aliphatic carbocycles. The molecule has 0 aromatic heterocycles. The fourth-order valence-electron chi connectivity index (χ4n) is 3.11. The highest BCUT2D eigenvalue weighted by Crippen LogP contribution is 2.35. The van der Waals surface area contributed by atoms with Gasteiger partial charge in [0.1, 0.15) is 12.4 Å². The molecule has 22 heavy (non-hydrogen) atoms. The molecule has 0 N–H and O–H groups in total. The highest BCUT2D eigenvalue weighted by molar-refractivity contribution is 5.72. The van der Waals surface area contributed by atoms with Crippen LogP contribution in [0.2, 0.25) is 0 Å². The van der Waals surface area contributed by atoms with Crippen LogP contribution in [0.5, 0.6) is 5.75 Å². The zero-order chi connectivity index (χ0) is 15.4. The summed E-state index contributed by atoms with van der Waals surface area (Å²) < 4.78 is 11.4. The minimum absolute atomic E-state index is 0.0969. The molecule has 4 heteroatoms. The number of benzene rings is 1. The van der Waals surface area contributed by atoms with Gasteiger partial charge in [-0.3, -0.25) is 4.79 Å². The van der Waals surface area contributed by atoms with Gasteiger partial charge in [-0.15, -0.1) is 0 Å². The third kappa shape index (κ3) is 3.11. The number of hydrogen-bond donors (Lipinski definition) is 0. The minimum atomic E-state index is -0.148. The number of nitrogens with zero attached hydrogens (tertiary/aromatic N) is 1. The molecule has 1 aromatic carbocycles. The maximum absolute atomic E-state index is 11.9. The molecule has 1 aromatic rings. The van der Waals surface area contributed by atoms with Crippen LogP contribution in [0, 0.1) is 0 Å². The predicted molar refractivity (Wildman–Crippen MR) is 85.3 cm³/mol. The van der Waals surface area contributed by atoms with Gasteiger partial charge in [0.2, 0.25) is 0 Å². The first-order chi connectivity index (χ1) is 10.8. The number of esters is 1. The fraction of sp³-hybridized carbons (Fsp3) is 0.500. The molecule has 0 radical (unpaired) electrons. The van der Waals surface area contributed by atoms with Crippen molar-refractivity contribution in [3.8, 4) is 5.75 Å². The smallest absolute Gasteiger partial charge is 0.307 e. The van der Waals surface area contributed by atoms with Crippen molar-refractivity contribution in [3.63, 3.8) is 0 Å². The monoisotopic (exact) mass is 301 g/mol. The zero-order valence-electron chi connectivity index (χ0n) is 13.1. The number of ether oxygens (including phenoxy) is 2. The van der Waals surface area contributed by atoms with Crippen LogP contribution >= 0.6 is 0 Å². The second kappa shape index (κ2) is 6.86. The van der Waals surface area contributed by atoms with Crippen molar-refractivity contribution in [2.75, 3.05) is 13.2 Å². The standard InChI is InChI=1S/C18H23NO3/c1-2-7-18(20)22-17-10-5-6-12-19(17)15-11-13-21-16-9-4-3-8-14(15)16/h3-4,8-9,11,17H,2,5-7,10,12-13H2,1H3. The van der Waals surface area contributed by atoms with Gasteiger partial charge < -0.3 is 14.4 Å². The highest BCUT2D eigenvalue weighted by atomic mass is 16.6. The number of piperidine rings is 1. The molecule has 0 amide bonds. The van der Waals surface area contributed by atoms with Crippen molar-refractivity contribution in [2.24, 2.45) is 0 Å². The topological polar surface area (TPSA) is 38.8 Å². The Morgan fingerprint density at radius 1 is 1.36 bits per heavy atom. The van der Waals surface area contributed by atoms with E-state index in [0.717, 1.165) is 49.2 Å². The molecule has 3 rings (SSSR count). The Bertz CT molecular complexity index is 567. The summed E-state index contributed by atoms with van der Waals surface area (Å²) in [7, 11) is 0. The van der Waals surface area contributed by atoms with E-state index in [9.17, 15) is 4.79 Å². The van der Waals surface area contributed by atoms with Gasteiger partial charge in [0.05, 0.1) is 0 Å². The first-order valence-electron chi connectivity index (χ1n) is 8.18. The second-order valence-electron chi connectivity index (χ2n) is 5.78. The quantitative estimate of drug-likeness (QED) is 0.797. The average Bonchev–Trinajstić information content (AvgIpc) is 2.55. The van der Waals surface area contributed by atoms with Crippen molar-refractivity contribution < 1.29 is 14.3 Å². The van der Waals surface area contributed by atoms with Crippen LogP contribution in [0.25, 0.3) is 5.70 Å². The molecular weight excluding hydrogens is 278 g/mol. The Hall–Kier alpha value is -1.97. The lowest BCUT2D eigenvalue weighted by Gasteiger charge is -2.39. The molecule has 2 heterocycles. The molecule has 1 saturated heterocycles. The molecule has 1 fully saturated rings. The molecular formula is C18H23NO3. The van der Waals surface area contributed by atoms with E-state index in [1.807, 2.05) is 25.1 Å². The third-order valence-corrected chi connectivity index (χ3v) is 4.16. The van der Waals surface area contributed by atoms with Crippen LogP contribution in [0.1, 0.15) is 44.6 Å². The van der Waals surface area contributed by atoms with Gasteiger partial charge in [-0.25, -0.2) is 0 Å². The van der Waals surface area contributed by atoms with Gasteiger partial charge in [0, 0.05) is 30.6 Å². The molecule has 118 valence electrons. The third-order valence-electron chi connectivity index (χ3n) is 4.16. The summed E-state index contributed by atoms with van der Waals surface area (Å²) in [5.41, 5.74) is 2.23. The molecule has 1 unspecified atom stereocenters. The maximum atomic E-state index is 11.9. The molecule has 1 atom stereocenters. The SMILES string of the molecule is CCCC(=O)OC1CCCCN1C1=CCOc2ccccc21. The minimum Gasteiger partial charge on any atom is -0.489 e. The van der Waals surface area contributed by atoms with E-state index >= 15 is 0 Å². The van der Waals surface area contributed by atoms with Crippen LogP contribution in [-0.4, -0.2) is 30.2 Å². The summed E-state index contributed by atoms with van der Waals surface area (Å²) in [6, 6.07) is 8.06. The van der Waals surface area contributed by atoms with Crippen LogP contribution in [0.15, 0.2) is 30.3 Å². The number of rotatable bonds is 4. The summed E-state index contributed by atoms with van der Waals surface area (Å²) in [6.07, 6.45) is 6.39. The van der Waals surface area contributed by atoms with Crippen molar-refractivity contribution >= 4 is 11.7 Å². The van der Waals surface area contributed by atoms with Crippen LogP contribution in [-0.2, 0) is 9.53 Å². The lowest BCUT2D eigenvalue weighted by Crippen LogP contribution is -2.41. The van der Waals surface area contributed by atoms with Gasteiger partial charge in [-0.1, -0.05) is 19.1 Å². The number of carbonyl (C=O) groups excluding carboxylic acids is 1. The van der Waals surface area contributed by atoms with Crippen LogP contribution < -0.4 is 4.74 Å². The van der Waals surface area contributed by atoms with Crippen molar-refractivity contribution in [2.45, 2.75) is 45.3 Å². The number of carbonyl (C=O) groups is 1. The van der Waals surface area contributed by atoms with Crippen molar-refractivity contribution in [3.05, 3.63) is 35.9 Å². The van der Waals surface area contributed by atoms with Gasteiger partial charge in [0.25, 0.3) is 0 Å². The summed E-state index contributed by atoms with van der Waals surface area (Å²) in [5.74, 6) is 0.810. The Kier molecular flexibility index (Phi) is 4.66. The summed E-state index contributed by atoms with van der Waals surface area (Å²) in [6.45, 7) is 3.49. The first kappa shape index (κ1) is 14.9. The lowest BCUT2D eigenvalue weighted by atomic mass is 10.0. The van der Waals surface area contributed by atoms with E-state index in [1.54, 1.807) is 0 Å². The van der Waals surface area contributed by atoms with E-state index in [2.05, 4.69) is 17.0 Å². The van der Waals surface area contributed by atoms with Crippen molar-refractivity contribution in [1.82, 2.24) is 4.90 Å². The Balaban J connectivity index is 1.82. The number of likely N-dealkylation sites (tertiary alicyclic amines) is 1. The lowest BCUT2D eigenvalue weighted by molar-refractivity contribution is -0.158. The summed E-state index contributed by atoms with van der Waals surface area (Å²) in [4.78, 5) is 14.1. The zero-order valence-corrected chi connectivity index (χ0v) is 13.1. The molecule has 4 nitrogen and oxygen atoms in total. The van der Waals surface area contributed by atoms with E-state index in [0.29, 0.717) is 13.0 Å². The maximum Gasteiger partial charge on any atom is 0.307 e. The fourth-order valence-corrected chi connectivity index (χ4v) is 3.11. The number of fused-ring (bicyclic) bond motifs is 1. The molecule has 2 aliphatic heterocycles.